The van der Waals surface area contributed by atoms with Crippen LogP contribution < -0.4 is 27.6 Å². The Hall–Kier alpha value is -4.70. The Labute approximate surface area is 266 Å². The number of carbonyl (C=O) groups is 2. The number of ether oxygens (including phenoxy) is 2. The number of benzene rings is 4. The monoisotopic (exact) mass is 611 g/mol. The van der Waals surface area contributed by atoms with Gasteiger partial charge in [0.15, 0.2) is 0 Å². The Morgan fingerprint density at radius 1 is 0.644 bits per heavy atom. The molecule has 0 fully saturated rings. The summed E-state index contributed by atoms with van der Waals surface area (Å²) in [6, 6.07) is 27.1. The minimum Gasteiger partial charge on any atom is -0.399 e. The van der Waals surface area contributed by atoms with Crippen LogP contribution in [0.3, 0.4) is 0 Å². The Kier molecular flexibility index (Phi) is 13.1. The molecule has 0 spiro atoms. The van der Waals surface area contributed by atoms with Crippen LogP contribution in [0.25, 0.3) is 22.3 Å². The highest BCUT2D eigenvalue weighted by Crippen LogP contribution is 2.26. The number of nitrogens with one attached hydrogen (secondary N) is 3. The van der Waals surface area contributed by atoms with Gasteiger partial charge < -0.3 is 31.3 Å². The third-order valence-corrected chi connectivity index (χ3v) is 6.94. The van der Waals surface area contributed by atoms with Gasteiger partial charge in [-0.3, -0.25) is 15.4 Å². The molecule has 0 aliphatic carbocycles. The van der Waals surface area contributed by atoms with Crippen LogP contribution in [-0.2, 0) is 9.47 Å². The van der Waals surface area contributed by atoms with Crippen LogP contribution in [0.2, 0.25) is 0 Å². The molecular weight excluding hydrogens is 566 g/mol. The maximum atomic E-state index is 12.4. The smallest absolute Gasteiger partial charge is 0.251 e. The van der Waals surface area contributed by atoms with Crippen molar-refractivity contribution in [2.24, 2.45) is 5.84 Å². The second kappa shape index (κ2) is 17.0. The van der Waals surface area contributed by atoms with E-state index in [9.17, 15) is 9.59 Å². The van der Waals surface area contributed by atoms with E-state index in [2.05, 4.69) is 16.1 Å². The lowest BCUT2D eigenvalue weighted by molar-refractivity contribution is 0.0898. The molecule has 2 atom stereocenters. The number of hydrogen-bond donors (Lipinski definition) is 5. The van der Waals surface area contributed by atoms with Gasteiger partial charge in [0, 0.05) is 48.8 Å². The molecule has 0 saturated heterocycles. The van der Waals surface area contributed by atoms with Crippen LogP contribution in [-0.4, -0.2) is 51.3 Å². The Balaban J connectivity index is 0.000000246. The van der Waals surface area contributed by atoms with E-state index in [4.69, 9.17) is 21.1 Å². The fourth-order valence-electron chi connectivity index (χ4n) is 4.65. The van der Waals surface area contributed by atoms with Crippen LogP contribution >= 0.6 is 0 Å². The summed E-state index contributed by atoms with van der Waals surface area (Å²) in [5.74, 6) is 5.24. The number of carbonyl (C=O) groups excluding carboxylic acids is 2. The van der Waals surface area contributed by atoms with Crippen molar-refractivity contribution in [2.75, 3.05) is 38.6 Å². The van der Waals surface area contributed by atoms with Gasteiger partial charge in [-0.25, -0.2) is 0 Å². The minimum absolute atomic E-state index is 0.0539. The molecule has 0 bridgehead atoms. The average molecular weight is 612 g/mol. The van der Waals surface area contributed by atoms with Crippen LogP contribution in [0.15, 0.2) is 84.9 Å². The summed E-state index contributed by atoms with van der Waals surface area (Å²) in [6.07, 6.45) is 0. The molecule has 2 unspecified atom stereocenters. The van der Waals surface area contributed by atoms with E-state index in [1.165, 1.54) is 11.1 Å². The van der Waals surface area contributed by atoms with Gasteiger partial charge in [-0.2, -0.15) is 0 Å². The highest BCUT2D eigenvalue weighted by atomic mass is 16.5. The standard InChI is InChI=1S/C18H23N3O2.C18H22N2O2/c1-12-4-6-14(7-5-12)15-8-16(10-17(9-15)21-19)18(22)20-13(2)11-23-3;1-12-4-6-14(7-5-12)15-8-16(10-17(19)9-15)18(21)20-13(2)11-22-3/h4-10,13,21H,11,19H2,1-3H3,(H,20,22);4-10,13H,11,19H2,1-3H3,(H,20,21). The van der Waals surface area contributed by atoms with Crippen molar-refractivity contribution >= 4 is 23.2 Å². The van der Waals surface area contributed by atoms with Crippen molar-refractivity contribution in [2.45, 2.75) is 39.8 Å². The molecule has 45 heavy (non-hydrogen) atoms. The normalized spacial score (nSPS) is 11.9. The van der Waals surface area contributed by atoms with E-state index >= 15 is 0 Å². The lowest BCUT2D eigenvalue weighted by Gasteiger charge is -2.14. The molecule has 0 saturated carbocycles. The number of methoxy groups -OCH3 is 2. The summed E-state index contributed by atoms with van der Waals surface area (Å²) < 4.78 is 10.1. The minimum atomic E-state index is -0.153. The first-order valence-electron chi connectivity index (χ1n) is 14.8. The predicted octanol–water partition coefficient (Wildman–Crippen LogP) is 5.72. The second-order valence-electron chi connectivity index (χ2n) is 11.2. The molecule has 4 rings (SSSR count). The van der Waals surface area contributed by atoms with Crippen molar-refractivity contribution in [1.82, 2.24) is 10.6 Å². The van der Waals surface area contributed by atoms with Gasteiger partial charge in [0.05, 0.1) is 13.2 Å². The van der Waals surface area contributed by atoms with Crippen molar-refractivity contribution < 1.29 is 19.1 Å². The highest BCUT2D eigenvalue weighted by Gasteiger charge is 2.13. The zero-order valence-electron chi connectivity index (χ0n) is 26.9. The van der Waals surface area contributed by atoms with Crippen molar-refractivity contribution in [3.63, 3.8) is 0 Å². The summed E-state index contributed by atoms with van der Waals surface area (Å²) in [5, 5.41) is 5.80. The van der Waals surface area contributed by atoms with Crippen LogP contribution in [0, 0.1) is 13.8 Å². The molecule has 0 aliphatic heterocycles. The maximum absolute atomic E-state index is 12.4. The number of hydrogen-bond acceptors (Lipinski definition) is 7. The third kappa shape index (κ3) is 10.8. The summed E-state index contributed by atoms with van der Waals surface area (Å²) >= 11 is 0. The number of rotatable bonds is 11. The molecule has 2 amide bonds. The average Bonchev–Trinajstić information content (AvgIpc) is 3.01. The molecule has 9 heteroatoms. The molecule has 238 valence electrons. The van der Waals surface area contributed by atoms with Gasteiger partial charge in [0.25, 0.3) is 11.8 Å². The molecule has 4 aromatic rings. The number of anilines is 2. The summed E-state index contributed by atoms with van der Waals surface area (Å²) in [5.41, 5.74) is 17.3. The van der Waals surface area contributed by atoms with Crippen molar-refractivity contribution in [1.29, 1.82) is 0 Å². The summed E-state index contributed by atoms with van der Waals surface area (Å²) in [4.78, 5) is 24.7. The van der Waals surface area contributed by atoms with Crippen LogP contribution in [0.1, 0.15) is 45.7 Å². The van der Waals surface area contributed by atoms with E-state index in [1.807, 2.05) is 100 Å². The largest absolute Gasteiger partial charge is 0.399 e. The highest BCUT2D eigenvalue weighted by molar-refractivity contribution is 5.97. The van der Waals surface area contributed by atoms with Crippen molar-refractivity contribution in [3.8, 4) is 22.3 Å². The van der Waals surface area contributed by atoms with Crippen molar-refractivity contribution in [3.05, 3.63) is 107 Å². The van der Waals surface area contributed by atoms with Gasteiger partial charge in [0.1, 0.15) is 0 Å². The summed E-state index contributed by atoms with van der Waals surface area (Å²) in [6.45, 7) is 8.81. The molecule has 4 aromatic carbocycles. The quantitative estimate of drug-likeness (QED) is 0.0830. The zero-order chi connectivity index (χ0) is 32.9. The number of nitrogen functional groups attached to an aromatic ring is 2. The number of nitrogens with two attached hydrogens (primary N) is 2. The van der Waals surface area contributed by atoms with Crippen LogP contribution in [0.5, 0.6) is 0 Å². The Morgan fingerprint density at radius 3 is 1.49 bits per heavy atom. The number of hydrazine groups is 1. The first-order chi connectivity index (χ1) is 21.5. The van der Waals surface area contributed by atoms with E-state index < -0.39 is 0 Å². The molecule has 7 N–H and O–H groups in total. The van der Waals surface area contributed by atoms with E-state index in [0.717, 1.165) is 22.3 Å². The zero-order valence-corrected chi connectivity index (χ0v) is 26.9. The number of amides is 2. The van der Waals surface area contributed by atoms with E-state index in [1.54, 1.807) is 26.4 Å². The molecule has 0 radical (unpaired) electrons. The first kappa shape index (κ1) is 34.8. The lowest BCUT2D eigenvalue weighted by Crippen LogP contribution is -2.35. The molecule has 9 nitrogen and oxygen atoms in total. The second-order valence-corrected chi connectivity index (χ2v) is 11.2. The van der Waals surface area contributed by atoms with Gasteiger partial charge >= 0.3 is 0 Å². The predicted molar refractivity (Wildman–Crippen MR) is 183 cm³/mol. The number of aryl methyl sites for hydroxylation is 2. The molecular formula is C36H45N5O4. The van der Waals surface area contributed by atoms with E-state index in [0.29, 0.717) is 35.7 Å². The lowest BCUT2D eigenvalue weighted by atomic mass is 10.0. The molecule has 0 aromatic heterocycles. The van der Waals surface area contributed by atoms with Gasteiger partial charge in [-0.1, -0.05) is 59.7 Å². The SMILES string of the molecule is COCC(C)NC(=O)c1cc(N)cc(-c2ccc(C)cc2)c1.COCC(C)NC(=O)c1cc(NN)cc(-c2ccc(C)cc2)c1. The maximum Gasteiger partial charge on any atom is 0.251 e. The van der Waals surface area contributed by atoms with E-state index in [-0.39, 0.29) is 23.9 Å². The first-order valence-corrected chi connectivity index (χ1v) is 14.8. The van der Waals surface area contributed by atoms with Gasteiger partial charge in [-0.05, 0) is 86.3 Å². The fourth-order valence-corrected chi connectivity index (χ4v) is 4.65. The topological polar surface area (TPSA) is 141 Å². The fraction of sp³-hybridized carbons (Fsp3) is 0.278. The molecule has 0 heterocycles. The Morgan fingerprint density at radius 2 is 1.07 bits per heavy atom. The Bertz CT molecular complexity index is 1560. The third-order valence-electron chi connectivity index (χ3n) is 6.94. The van der Waals surface area contributed by atoms with Gasteiger partial charge in [-0.15, -0.1) is 0 Å². The van der Waals surface area contributed by atoms with Gasteiger partial charge in [0.2, 0.25) is 0 Å². The molecule has 0 aliphatic rings. The summed E-state index contributed by atoms with van der Waals surface area (Å²) in [7, 11) is 3.22. The van der Waals surface area contributed by atoms with Crippen LogP contribution in [0.4, 0.5) is 11.4 Å².